The molecular weight excluding hydrogens is 314 g/mol. The van der Waals surface area contributed by atoms with Gasteiger partial charge in [-0.25, -0.2) is 9.59 Å². The zero-order chi connectivity index (χ0) is 18.1. The number of benzene rings is 1. The molecule has 24 heavy (non-hydrogen) atoms. The predicted octanol–water partition coefficient (Wildman–Crippen LogP) is 2.60. The smallest absolute Gasteiger partial charge is 0.414 e. The van der Waals surface area contributed by atoms with Gasteiger partial charge < -0.3 is 24.7 Å². The number of nitrogens with one attached hydrogen (secondary N) is 1. The van der Waals surface area contributed by atoms with Gasteiger partial charge in [-0.2, -0.15) is 0 Å². The highest BCUT2D eigenvalue weighted by atomic mass is 16.5. The maximum absolute atomic E-state index is 9.10. The predicted molar refractivity (Wildman–Crippen MR) is 87.0 cm³/mol. The number of aliphatic carboxylic acids is 2. The van der Waals surface area contributed by atoms with E-state index >= 15 is 0 Å². The molecule has 3 N–H and O–H groups in total. The quantitative estimate of drug-likeness (QED) is 0.721. The van der Waals surface area contributed by atoms with E-state index in [9.17, 15) is 0 Å². The molecule has 0 aliphatic heterocycles. The van der Waals surface area contributed by atoms with Crippen molar-refractivity contribution in [1.29, 1.82) is 0 Å². The lowest BCUT2D eigenvalue weighted by atomic mass is 10.1. The van der Waals surface area contributed by atoms with Gasteiger partial charge in [-0.3, -0.25) is 0 Å². The standard InChI is InChI=1S/C15H19NO2.C2H2O4/c1-11-4-7-15(18-11)10-16-12(2)13-5-8-14(17-3)9-6-13;3-1(4)2(5)6/h4-9,12,16H,10H2,1-3H3;(H,3,4)(H,5,6). The molecule has 0 bridgehead atoms. The highest BCUT2D eigenvalue weighted by molar-refractivity contribution is 6.27. The van der Waals surface area contributed by atoms with E-state index in [0.29, 0.717) is 0 Å². The summed E-state index contributed by atoms with van der Waals surface area (Å²) in [6, 6.07) is 12.4. The summed E-state index contributed by atoms with van der Waals surface area (Å²) in [7, 11) is 1.68. The lowest BCUT2D eigenvalue weighted by molar-refractivity contribution is -0.159. The Labute approximate surface area is 139 Å². The molecule has 130 valence electrons. The van der Waals surface area contributed by atoms with Gasteiger partial charge in [0, 0.05) is 6.04 Å². The molecule has 0 fully saturated rings. The number of ether oxygens (including phenoxy) is 1. The first-order valence-electron chi connectivity index (χ1n) is 7.22. The number of rotatable bonds is 5. The number of carboxylic acids is 2. The Bertz CT molecular complexity index is 650. The van der Waals surface area contributed by atoms with Crippen molar-refractivity contribution in [2.45, 2.75) is 26.4 Å². The molecule has 1 aromatic carbocycles. The van der Waals surface area contributed by atoms with E-state index in [1.807, 2.05) is 31.2 Å². The number of aryl methyl sites for hydroxylation is 1. The Morgan fingerprint density at radius 3 is 2.12 bits per heavy atom. The minimum absolute atomic E-state index is 0.279. The Kier molecular flexibility index (Phi) is 7.51. The minimum atomic E-state index is -1.82. The van der Waals surface area contributed by atoms with Crippen LogP contribution in [0.15, 0.2) is 40.8 Å². The zero-order valence-electron chi connectivity index (χ0n) is 13.8. The van der Waals surface area contributed by atoms with Crippen molar-refractivity contribution in [2.75, 3.05) is 7.11 Å². The summed E-state index contributed by atoms with van der Waals surface area (Å²) >= 11 is 0. The van der Waals surface area contributed by atoms with Gasteiger partial charge in [-0.05, 0) is 43.7 Å². The van der Waals surface area contributed by atoms with Gasteiger partial charge in [-0.1, -0.05) is 12.1 Å². The van der Waals surface area contributed by atoms with Crippen LogP contribution in [0.1, 0.15) is 30.0 Å². The van der Waals surface area contributed by atoms with E-state index < -0.39 is 11.9 Å². The summed E-state index contributed by atoms with van der Waals surface area (Å²) in [5.41, 5.74) is 1.24. The fourth-order valence-electron chi connectivity index (χ4n) is 1.84. The monoisotopic (exact) mass is 335 g/mol. The van der Waals surface area contributed by atoms with Crippen molar-refractivity contribution in [3.8, 4) is 5.75 Å². The van der Waals surface area contributed by atoms with Crippen molar-refractivity contribution >= 4 is 11.9 Å². The first-order chi connectivity index (χ1) is 11.3. The third-order valence-corrected chi connectivity index (χ3v) is 3.18. The summed E-state index contributed by atoms with van der Waals surface area (Å²) in [5, 5.41) is 18.2. The molecule has 1 unspecified atom stereocenters. The van der Waals surface area contributed by atoms with Gasteiger partial charge in [0.05, 0.1) is 13.7 Å². The summed E-state index contributed by atoms with van der Waals surface area (Å²) in [5.74, 6) is -0.852. The number of methoxy groups -OCH3 is 1. The van der Waals surface area contributed by atoms with Crippen molar-refractivity contribution < 1.29 is 29.0 Å². The molecule has 0 aliphatic rings. The molecule has 0 radical (unpaired) electrons. The summed E-state index contributed by atoms with van der Waals surface area (Å²) in [6.45, 7) is 4.83. The Hall–Kier alpha value is -2.80. The Morgan fingerprint density at radius 1 is 1.12 bits per heavy atom. The lowest BCUT2D eigenvalue weighted by Gasteiger charge is -2.13. The van der Waals surface area contributed by atoms with Crippen molar-refractivity contribution in [3.63, 3.8) is 0 Å². The van der Waals surface area contributed by atoms with Crippen LogP contribution in [0.25, 0.3) is 0 Å². The first-order valence-corrected chi connectivity index (χ1v) is 7.22. The summed E-state index contributed by atoms with van der Waals surface area (Å²) in [6.07, 6.45) is 0. The van der Waals surface area contributed by atoms with Crippen LogP contribution in [0.3, 0.4) is 0 Å². The summed E-state index contributed by atoms with van der Waals surface area (Å²) < 4.78 is 10.7. The molecule has 1 atom stereocenters. The van der Waals surface area contributed by atoms with E-state index in [1.54, 1.807) is 7.11 Å². The molecule has 2 rings (SSSR count). The molecule has 0 saturated carbocycles. The van der Waals surface area contributed by atoms with Gasteiger partial charge in [0.2, 0.25) is 0 Å². The Morgan fingerprint density at radius 2 is 1.71 bits per heavy atom. The molecule has 1 aromatic heterocycles. The number of hydrogen-bond acceptors (Lipinski definition) is 5. The van der Waals surface area contributed by atoms with E-state index in [2.05, 4.69) is 24.4 Å². The highest BCUT2D eigenvalue weighted by Crippen LogP contribution is 2.18. The number of hydrogen-bond donors (Lipinski definition) is 3. The third kappa shape index (κ3) is 6.53. The van der Waals surface area contributed by atoms with Crippen LogP contribution in [-0.2, 0) is 16.1 Å². The average Bonchev–Trinajstić information content (AvgIpc) is 2.98. The molecule has 1 heterocycles. The van der Waals surface area contributed by atoms with Crippen molar-refractivity contribution in [2.24, 2.45) is 0 Å². The molecule has 0 amide bonds. The number of carboxylic acid groups (broad SMARTS) is 2. The van der Waals surface area contributed by atoms with Crippen LogP contribution in [0.5, 0.6) is 5.75 Å². The summed E-state index contributed by atoms with van der Waals surface area (Å²) in [4.78, 5) is 18.2. The van der Waals surface area contributed by atoms with Crippen LogP contribution in [-0.4, -0.2) is 29.3 Å². The lowest BCUT2D eigenvalue weighted by Crippen LogP contribution is -2.17. The minimum Gasteiger partial charge on any atom is -0.497 e. The van der Waals surface area contributed by atoms with Gasteiger partial charge in [0.25, 0.3) is 0 Å². The molecule has 0 spiro atoms. The second-order valence-electron chi connectivity index (χ2n) is 5.00. The van der Waals surface area contributed by atoms with E-state index in [4.69, 9.17) is 29.0 Å². The molecule has 7 nitrogen and oxygen atoms in total. The average molecular weight is 335 g/mol. The van der Waals surface area contributed by atoms with Crippen LogP contribution in [0.4, 0.5) is 0 Å². The zero-order valence-corrected chi connectivity index (χ0v) is 13.8. The van der Waals surface area contributed by atoms with E-state index in [1.165, 1.54) is 5.56 Å². The highest BCUT2D eigenvalue weighted by Gasteiger charge is 2.06. The van der Waals surface area contributed by atoms with Crippen molar-refractivity contribution in [1.82, 2.24) is 5.32 Å². The topological polar surface area (TPSA) is 109 Å². The van der Waals surface area contributed by atoms with E-state index in [0.717, 1.165) is 23.8 Å². The second-order valence-corrected chi connectivity index (χ2v) is 5.00. The van der Waals surface area contributed by atoms with Crippen LogP contribution in [0.2, 0.25) is 0 Å². The first kappa shape index (κ1) is 19.2. The van der Waals surface area contributed by atoms with Gasteiger partial charge in [0.1, 0.15) is 17.3 Å². The van der Waals surface area contributed by atoms with Gasteiger partial charge in [0.15, 0.2) is 0 Å². The third-order valence-electron chi connectivity index (χ3n) is 3.18. The maximum atomic E-state index is 9.10. The molecule has 0 saturated heterocycles. The molecule has 7 heteroatoms. The normalized spacial score (nSPS) is 11.1. The second kappa shape index (κ2) is 9.36. The molecular formula is C17H21NO6. The largest absolute Gasteiger partial charge is 0.497 e. The van der Waals surface area contributed by atoms with Crippen LogP contribution < -0.4 is 10.1 Å². The number of carbonyl (C=O) groups is 2. The van der Waals surface area contributed by atoms with Crippen molar-refractivity contribution in [3.05, 3.63) is 53.5 Å². The van der Waals surface area contributed by atoms with E-state index in [-0.39, 0.29) is 6.04 Å². The maximum Gasteiger partial charge on any atom is 0.414 e. The van der Waals surface area contributed by atoms with Gasteiger partial charge >= 0.3 is 11.9 Å². The molecule has 0 aliphatic carbocycles. The Balaban J connectivity index is 0.000000413. The number of furan rings is 1. The fourth-order valence-corrected chi connectivity index (χ4v) is 1.84. The van der Waals surface area contributed by atoms with Crippen LogP contribution >= 0.6 is 0 Å². The SMILES string of the molecule is COc1ccc(C(C)NCc2ccc(C)o2)cc1.O=C(O)C(=O)O. The fraction of sp³-hybridized carbons (Fsp3) is 0.294. The molecule has 2 aromatic rings. The van der Waals surface area contributed by atoms with Crippen LogP contribution in [0, 0.1) is 6.92 Å². The van der Waals surface area contributed by atoms with Gasteiger partial charge in [-0.15, -0.1) is 0 Å².